The lowest BCUT2D eigenvalue weighted by molar-refractivity contribution is -0.131. The first-order chi connectivity index (χ1) is 10.1. The van der Waals surface area contributed by atoms with Gasteiger partial charge in [0.25, 0.3) is 0 Å². The van der Waals surface area contributed by atoms with E-state index in [1.807, 2.05) is 54.6 Å². The summed E-state index contributed by atoms with van der Waals surface area (Å²) >= 11 is 5.92. The van der Waals surface area contributed by atoms with E-state index in [0.717, 1.165) is 21.9 Å². The van der Waals surface area contributed by atoms with E-state index in [9.17, 15) is 4.79 Å². The Morgan fingerprint density at radius 3 is 2.38 bits per heavy atom. The minimum absolute atomic E-state index is 0.326. The Labute approximate surface area is 127 Å². The van der Waals surface area contributed by atoms with Gasteiger partial charge in [-0.3, -0.25) is 4.79 Å². The van der Waals surface area contributed by atoms with Crippen LogP contribution in [0.2, 0.25) is 5.02 Å². The highest BCUT2D eigenvalue weighted by Crippen LogP contribution is 2.33. The van der Waals surface area contributed by atoms with Gasteiger partial charge in [-0.05, 0) is 40.8 Å². The van der Waals surface area contributed by atoms with Crippen LogP contribution >= 0.6 is 11.6 Å². The van der Waals surface area contributed by atoms with E-state index in [1.165, 1.54) is 6.92 Å². The van der Waals surface area contributed by atoms with Gasteiger partial charge in [-0.25, -0.2) is 0 Å². The van der Waals surface area contributed by atoms with E-state index < -0.39 is 0 Å². The highest BCUT2D eigenvalue weighted by molar-refractivity contribution is 6.30. The van der Waals surface area contributed by atoms with E-state index in [2.05, 4.69) is 6.07 Å². The molecule has 0 atom stereocenters. The van der Waals surface area contributed by atoms with Gasteiger partial charge in [-0.1, -0.05) is 48.0 Å². The molecule has 0 fully saturated rings. The SMILES string of the molecule is CC(=O)Oc1cc(-c2ccc(Cl)cc2)cc2ccccc12. The zero-order chi connectivity index (χ0) is 14.8. The van der Waals surface area contributed by atoms with Crippen molar-refractivity contribution in [2.75, 3.05) is 0 Å². The van der Waals surface area contributed by atoms with Crippen LogP contribution in [-0.2, 0) is 4.79 Å². The predicted octanol–water partition coefficient (Wildman–Crippen LogP) is 5.09. The van der Waals surface area contributed by atoms with Gasteiger partial charge in [0.15, 0.2) is 0 Å². The van der Waals surface area contributed by atoms with Gasteiger partial charge in [-0.15, -0.1) is 0 Å². The summed E-state index contributed by atoms with van der Waals surface area (Å²) in [6.45, 7) is 1.41. The number of esters is 1. The molecular weight excluding hydrogens is 284 g/mol. The van der Waals surface area contributed by atoms with E-state index in [1.54, 1.807) is 0 Å². The zero-order valence-electron chi connectivity index (χ0n) is 11.5. The fourth-order valence-corrected chi connectivity index (χ4v) is 2.45. The molecule has 0 aliphatic heterocycles. The van der Waals surface area contributed by atoms with Crippen LogP contribution in [0.5, 0.6) is 5.75 Å². The molecule has 0 aromatic heterocycles. The number of ether oxygens (including phenoxy) is 1. The van der Waals surface area contributed by atoms with Crippen LogP contribution in [-0.4, -0.2) is 5.97 Å². The molecule has 0 radical (unpaired) electrons. The van der Waals surface area contributed by atoms with Crippen LogP contribution in [0.4, 0.5) is 0 Å². The Balaban J connectivity index is 2.19. The first-order valence-electron chi connectivity index (χ1n) is 6.60. The Morgan fingerprint density at radius 1 is 0.952 bits per heavy atom. The maximum Gasteiger partial charge on any atom is 0.308 e. The van der Waals surface area contributed by atoms with Gasteiger partial charge < -0.3 is 4.74 Å². The lowest BCUT2D eigenvalue weighted by Crippen LogP contribution is -2.02. The molecule has 0 aliphatic carbocycles. The number of hydrogen-bond acceptors (Lipinski definition) is 2. The lowest BCUT2D eigenvalue weighted by Gasteiger charge is -2.10. The first-order valence-corrected chi connectivity index (χ1v) is 6.98. The molecule has 0 saturated carbocycles. The maximum absolute atomic E-state index is 11.3. The molecule has 0 unspecified atom stereocenters. The van der Waals surface area contributed by atoms with Crippen molar-refractivity contribution in [1.29, 1.82) is 0 Å². The Morgan fingerprint density at radius 2 is 1.67 bits per heavy atom. The van der Waals surface area contributed by atoms with E-state index >= 15 is 0 Å². The van der Waals surface area contributed by atoms with Gasteiger partial charge in [0.1, 0.15) is 5.75 Å². The second-order valence-corrected chi connectivity index (χ2v) is 5.23. The minimum Gasteiger partial charge on any atom is -0.426 e. The molecule has 21 heavy (non-hydrogen) atoms. The van der Waals surface area contributed by atoms with Crippen LogP contribution in [0.25, 0.3) is 21.9 Å². The van der Waals surface area contributed by atoms with E-state index in [4.69, 9.17) is 16.3 Å². The summed E-state index contributed by atoms with van der Waals surface area (Å²) in [6, 6.07) is 19.4. The maximum atomic E-state index is 11.3. The number of rotatable bonds is 2. The summed E-state index contributed by atoms with van der Waals surface area (Å²) in [5.41, 5.74) is 2.01. The van der Waals surface area contributed by atoms with Crippen molar-refractivity contribution < 1.29 is 9.53 Å². The van der Waals surface area contributed by atoms with Crippen molar-refractivity contribution >= 4 is 28.3 Å². The molecule has 3 rings (SSSR count). The molecule has 0 bridgehead atoms. The molecule has 0 N–H and O–H groups in total. The molecule has 3 heteroatoms. The number of fused-ring (bicyclic) bond motifs is 1. The van der Waals surface area contributed by atoms with Crippen LogP contribution in [0.1, 0.15) is 6.92 Å². The molecule has 104 valence electrons. The molecule has 0 amide bonds. The van der Waals surface area contributed by atoms with Crippen molar-refractivity contribution in [2.45, 2.75) is 6.92 Å². The van der Waals surface area contributed by atoms with Gasteiger partial charge in [0, 0.05) is 17.3 Å². The molecular formula is C18H13ClO2. The predicted molar refractivity (Wildman–Crippen MR) is 85.7 cm³/mol. The van der Waals surface area contributed by atoms with Crippen molar-refractivity contribution in [3.8, 4) is 16.9 Å². The van der Waals surface area contributed by atoms with Gasteiger partial charge >= 0.3 is 5.97 Å². The summed E-state index contributed by atoms with van der Waals surface area (Å²) in [7, 11) is 0. The van der Waals surface area contributed by atoms with Crippen molar-refractivity contribution in [1.82, 2.24) is 0 Å². The number of hydrogen-bond donors (Lipinski definition) is 0. The van der Waals surface area contributed by atoms with Gasteiger partial charge in [-0.2, -0.15) is 0 Å². The Kier molecular flexibility index (Phi) is 3.63. The molecule has 0 aliphatic rings. The van der Waals surface area contributed by atoms with Crippen molar-refractivity contribution in [2.24, 2.45) is 0 Å². The molecule has 0 heterocycles. The number of halogens is 1. The summed E-state index contributed by atoms with van der Waals surface area (Å²) in [6.07, 6.45) is 0. The molecule has 3 aromatic carbocycles. The summed E-state index contributed by atoms with van der Waals surface area (Å²) in [5, 5.41) is 2.64. The largest absolute Gasteiger partial charge is 0.426 e. The second kappa shape index (κ2) is 5.58. The fraction of sp³-hybridized carbons (Fsp3) is 0.0556. The van der Waals surface area contributed by atoms with Gasteiger partial charge in [0.2, 0.25) is 0 Å². The third-order valence-electron chi connectivity index (χ3n) is 3.26. The second-order valence-electron chi connectivity index (χ2n) is 4.80. The third-order valence-corrected chi connectivity index (χ3v) is 3.51. The molecule has 3 aromatic rings. The summed E-state index contributed by atoms with van der Waals surface area (Å²) in [4.78, 5) is 11.3. The zero-order valence-corrected chi connectivity index (χ0v) is 12.2. The van der Waals surface area contributed by atoms with Crippen LogP contribution < -0.4 is 4.74 Å². The molecule has 2 nitrogen and oxygen atoms in total. The van der Waals surface area contributed by atoms with Crippen LogP contribution in [0.15, 0.2) is 60.7 Å². The van der Waals surface area contributed by atoms with Crippen LogP contribution in [0.3, 0.4) is 0 Å². The van der Waals surface area contributed by atoms with Crippen LogP contribution in [0, 0.1) is 0 Å². The smallest absolute Gasteiger partial charge is 0.308 e. The first kappa shape index (κ1) is 13.7. The standard InChI is InChI=1S/C18H13ClO2/c1-12(20)21-18-11-15(13-6-8-16(19)9-7-13)10-14-4-2-3-5-17(14)18/h2-11H,1H3. The highest BCUT2D eigenvalue weighted by atomic mass is 35.5. The monoisotopic (exact) mass is 296 g/mol. The Hall–Kier alpha value is -2.32. The average molecular weight is 297 g/mol. The van der Waals surface area contributed by atoms with E-state index in [0.29, 0.717) is 10.8 Å². The van der Waals surface area contributed by atoms with Crippen molar-refractivity contribution in [3.05, 3.63) is 65.7 Å². The summed E-state index contributed by atoms with van der Waals surface area (Å²) < 4.78 is 5.35. The molecule has 0 spiro atoms. The van der Waals surface area contributed by atoms with Gasteiger partial charge in [0.05, 0.1) is 0 Å². The van der Waals surface area contributed by atoms with E-state index in [-0.39, 0.29) is 5.97 Å². The number of benzene rings is 3. The third kappa shape index (κ3) is 2.91. The quantitative estimate of drug-likeness (QED) is 0.486. The summed E-state index contributed by atoms with van der Waals surface area (Å²) in [5.74, 6) is 0.249. The molecule has 0 saturated heterocycles. The Bertz CT molecular complexity index is 807. The number of carbonyl (C=O) groups excluding carboxylic acids is 1. The normalized spacial score (nSPS) is 10.6. The minimum atomic E-state index is -0.326. The lowest BCUT2D eigenvalue weighted by atomic mass is 10.0. The highest BCUT2D eigenvalue weighted by Gasteiger charge is 2.08. The average Bonchev–Trinajstić information content (AvgIpc) is 2.47. The van der Waals surface area contributed by atoms with Crippen molar-refractivity contribution in [3.63, 3.8) is 0 Å². The number of carbonyl (C=O) groups is 1. The fourth-order valence-electron chi connectivity index (χ4n) is 2.32. The topological polar surface area (TPSA) is 26.3 Å².